The van der Waals surface area contributed by atoms with Crippen LogP contribution in [0.2, 0.25) is 0 Å². The summed E-state index contributed by atoms with van der Waals surface area (Å²) in [5.41, 5.74) is 2.84. The fourth-order valence-electron chi connectivity index (χ4n) is 3.49. The number of benzene rings is 1. The molecule has 1 aliphatic rings. The number of urea groups is 1. The molecule has 0 unspecified atom stereocenters. The zero-order chi connectivity index (χ0) is 19.3. The van der Waals surface area contributed by atoms with Gasteiger partial charge in [0, 0.05) is 31.1 Å². The van der Waals surface area contributed by atoms with E-state index in [1.165, 1.54) is 0 Å². The number of nitrogens with zero attached hydrogens (tertiary/aromatic N) is 3. The summed E-state index contributed by atoms with van der Waals surface area (Å²) in [6.07, 6.45) is 6.16. The van der Waals surface area contributed by atoms with Gasteiger partial charge in [-0.1, -0.05) is 18.2 Å². The number of carbonyl (C=O) groups excluding carboxylic acids is 1. The van der Waals surface area contributed by atoms with E-state index in [0.29, 0.717) is 13.1 Å². The van der Waals surface area contributed by atoms with Gasteiger partial charge in [-0.3, -0.25) is 0 Å². The molecule has 0 bridgehead atoms. The molecule has 1 fully saturated rings. The topological polar surface area (TPSA) is 73.1 Å². The Hall–Kier alpha value is -3.06. The standard InChI is InChI=1S/C21H25N5O2/c1-16-19(15-23-21(27)22-14-18-10-7-13-28-18)20(25-11-5-6-12-25)26(24-16)17-8-3-2-4-9-17/h2-6,8-9,11-12,18H,7,10,13-15H2,1H3,(H2,22,23,27)/t18-/m1/s1. The summed E-state index contributed by atoms with van der Waals surface area (Å²) in [6.45, 7) is 3.68. The van der Waals surface area contributed by atoms with Crippen molar-refractivity contribution < 1.29 is 9.53 Å². The molecule has 146 valence electrons. The van der Waals surface area contributed by atoms with Gasteiger partial charge in [-0.25, -0.2) is 9.48 Å². The number of hydrogen-bond donors (Lipinski definition) is 2. The zero-order valence-electron chi connectivity index (χ0n) is 16.0. The van der Waals surface area contributed by atoms with Crippen molar-refractivity contribution in [2.45, 2.75) is 32.4 Å². The number of nitrogens with one attached hydrogen (secondary N) is 2. The summed E-state index contributed by atoms with van der Waals surface area (Å²) in [4.78, 5) is 12.2. The molecule has 2 N–H and O–H groups in total. The Morgan fingerprint density at radius 3 is 2.68 bits per heavy atom. The van der Waals surface area contributed by atoms with Gasteiger partial charge in [0.1, 0.15) is 5.82 Å². The van der Waals surface area contributed by atoms with Crippen molar-refractivity contribution in [2.24, 2.45) is 0 Å². The van der Waals surface area contributed by atoms with Crippen LogP contribution in [0.3, 0.4) is 0 Å². The van der Waals surface area contributed by atoms with Gasteiger partial charge in [-0.2, -0.15) is 5.10 Å². The highest BCUT2D eigenvalue weighted by molar-refractivity contribution is 5.74. The van der Waals surface area contributed by atoms with Gasteiger partial charge in [-0.05, 0) is 44.0 Å². The zero-order valence-corrected chi connectivity index (χ0v) is 16.0. The Morgan fingerprint density at radius 2 is 1.96 bits per heavy atom. The first kappa shape index (κ1) is 18.3. The lowest BCUT2D eigenvalue weighted by Crippen LogP contribution is -2.39. The number of rotatable bonds is 6. The number of hydrogen-bond acceptors (Lipinski definition) is 3. The van der Waals surface area contributed by atoms with Crippen LogP contribution in [0.5, 0.6) is 0 Å². The minimum absolute atomic E-state index is 0.128. The monoisotopic (exact) mass is 379 g/mol. The first-order valence-electron chi connectivity index (χ1n) is 9.63. The molecule has 3 aromatic rings. The maximum absolute atomic E-state index is 12.2. The van der Waals surface area contributed by atoms with E-state index in [9.17, 15) is 4.79 Å². The van der Waals surface area contributed by atoms with Crippen LogP contribution in [0.1, 0.15) is 24.1 Å². The van der Waals surface area contributed by atoms with Crippen LogP contribution in [0.25, 0.3) is 11.5 Å². The van der Waals surface area contributed by atoms with Gasteiger partial charge in [0.15, 0.2) is 0 Å². The largest absolute Gasteiger partial charge is 0.376 e. The molecule has 2 aromatic heterocycles. The summed E-state index contributed by atoms with van der Waals surface area (Å²) >= 11 is 0. The Morgan fingerprint density at radius 1 is 1.18 bits per heavy atom. The molecule has 7 heteroatoms. The Labute approximate surface area is 164 Å². The average Bonchev–Trinajstić information content (AvgIpc) is 3.47. The highest BCUT2D eigenvalue weighted by Crippen LogP contribution is 2.22. The van der Waals surface area contributed by atoms with Crippen molar-refractivity contribution in [3.8, 4) is 11.5 Å². The molecule has 7 nitrogen and oxygen atoms in total. The summed E-state index contributed by atoms with van der Waals surface area (Å²) in [5.74, 6) is 0.924. The van der Waals surface area contributed by atoms with Crippen LogP contribution in [-0.4, -0.2) is 39.6 Å². The van der Waals surface area contributed by atoms with Crippen molar-refractivity contribution in [1.29, 1.82) is 0 Å². The van der Waals surface area contributed by atoms with Crippen LogP contribution < -0.4 is 10.6 Å². The van der Waals surface area contributed by atoms with Crippen LogP contribution in [0.4, 0.5) is 4.79 Å². The molecule has 0 spiro atoms. The highest BCUT2D eigenvalue weighted by Gasteiger charge is 2.19. The summed E-state index contributed by atoms with van der Waals surface area (Å²) in [7, 11) is 0. The number of carbonyl (C=O) groups is 1. The molecule has 1 aromatic carbocycles. The van der Waals surface area contributed by atoms with Crippen molar-refractivity contribution in [3.05, 3.63) is 66.1 Å². The van der Waals surface area contributed by atoms with Crippen LogP contribution in [-0.2, 0) is 11.3 Å². The van der Waals surface area contributed by atoms with Gasteiger partial charge < -0.3 is 19.9 Å². The third kappa shape index (κ3) is 3.94. The fraction of sp³-hybridized carbons (Fsp3) is 0.333. The summed E-state index contributed by atoms with van der Waals surface area (Å²) < 4.78 is 9.48. The number of aromatic nitrogens is 3. The van der Waals surface area contributed by atoms with E-state index in [-0.39, 0.29) is 12.1 Å². The number of ether oxygens (including phenoxy) is 1. The molecule has 2 amide bonds. The Bertz CT molecular complexity index is 912. The van der Waals surface area contributed by atoms with Gasteiger partial charge in [0.2, 0.25) is 0 Å². The van der Waals surface area contributed by atoms with Crippen LogP contribution >= 0.6 is 0 Å². The molecule has 1 atom stereocenters. The number of aryl methyl sites for hydroxylation is 1. The number of para-hydroxylation sites is 1. The third-order valence-electron chi connectivity index (χ3n) is 4.95. The lowest BCUT2D eigenvalue weighted by Gasteiger charge is -2.13. The normalized spacial score (nSPS) is 16.2. The molecule has 0 radical (unpaired) electrons. The first-order chi connectivity index (χ1) is 13.7. The van der Waals surface area contributed by atoms with Crippen molar-refractivity contribution in [3.63, 3.8) is 0 Å². The van der Waals surface area contributed by atoms with E-state index >= 15 is 0 Å². The molecule has 1 saturated heterocycles. The quantitative estimate of drug-likeness (QED) is 0.692. The van der Waals surface area contributed by atoms with E-state index in [2.05, 4.69) is 10.6 Å². The van der Waals surface area contributed by atoms with Gasteiger partial charge in [0.05, 0.1) is 24.0 Å². The van der Waals surface area contributed by atoms with E-state index < -0.39 is 0 Å². The lowest BCUT2D eigenvalue weighted by atomic mass is 10.2. The Kier molecular flexibility index (Phi) is 5.43. The molecular weight excluding hydrogens is 354 g/mol. The second kappa shape index (κ2) is 8.31. The molecule has 0 aliphatic carbocycles. The van der Waals surface area contributed by atoms with E-state index in [1.807, 2.05) is 71.0 Å². The molecule has 4 rings (SSSR count). The second-order valence-corrected chi connectivity index (χ2v) is 6.92. The van der Waals surface area contributed by atoms with Crippen molar-refractivity contribution in [1.82, 2.24) is 25.0 Å². The lowest BCUT2D eigenvalue weighted by molar-refractivity contribution is 0.111. The summed E-state index contributed by atoms with van der Waals surface area (Å²) in [5, 5.41) is 10.6. The SMILES string of the molecule is Cc1nn(-c2ccccc2)c(-n2cccc2)c1CNC(=O)NC[C@H]1CCCO1. The van der Waals surface area contributed by atoms with E-state index in [0.717, 1.165) is 42.2 Å². The Balaban J connectivity index is 1.53. The maximum atomic E-state index is 12.2. The van der Waals surface area contributed by atoms with Crippen molar-refractivity contribution >= 4 is 6.03 Å². The second-order valence-electron chi connectivity index (χ2n) is 6.92. The van der Waals surface area contributed by atoms with Crippen LogP contribution in [0.15, 0.2) is 54.9 Å². The van der Waals surface area contributed by atoms with E-state index in [1.54, 1.807) is 0 Å². The molecule has 3 heterocycles. The van der Waals surface area contributed by atoms with Gasteiger partial charge >= 0.3 is 6.03 Å². The molecular formula is C21H25N5O2. The third-order valence-corrected chi connectivity index (χ3v) is 4.95. The molecule has 1 aliphatic heterocycles. The predicted octanol–water partition coefficient (Wildman–Crippen LogP) is 2.95. The molecule has 0 saturated carbocycles. The van der Waals surface area contributed by atoms with Gasteiger partial charge in [0.25, 0.3) is 0 Å². The maximum Gasteiger partial charge on any atom is 0.315 e. The predicted molar refractivity (Wildman–Crippen MR) is 107 cm³/mol. The first-order valence-corrected chi connectivity index (χ1v) is 9.63. The van der Waals surface area contributed by atoms with Crippen molar-refractivity contribution in [2.75, 3.05) is 13.2 Å². The number of amides is 2. The van der Waals surface area contributed by atoms with Gasteiger partial charge in [-0.15, -0.1) is 0 Å². The summed E-state index contributed by atoms with van der Waals surface area (Å²) in [6, 6.07) is 13.8. The fourth-order valence-corrected chi connectivity index (χ4v) is 3.49. The van der Waals surface area contributed by atoms with Crippen LogP contribution in [0, 0.1) is 6.92 Å². The average molecular weight is 379 g/mol. The van der Waals surface area contributed by atoms with E-state index in [4.69, 9.17) is 9.84 Å². The molecule has 28 heavy (non-hydrogen) atoms. The smallest absolute Gasteiger partial charge is 0.315 e. The minimum atomic E-state index is -0.194. The minimum Gasteiger partial charge on any atom is -0.376 e. The highest BCUT2D eigenvalue weighted by atomic mass is 16.5.